The second-order valence-electron chi connectivity index (χ2n) is 9.33. The van der Waals surface area contributed by atoms with Crippen LogP contribution in [0.5, 0.6) is 5.75 Å². The molecule has 6 nitrogen and oxygen atoms in total. The van der Waals surface area contributed by atoms with Crippen LogP contribution in [0.25, 0.3) is 11.0 Å². The van der Waals surface area contributed by atoms with Crippen LogP contribution in [0.2, 0.25) is 0 Å². The van der Waals surface area contributed by atoms with Crippen molar-refractivity contribution in [2.45, 2.75) is 19.3 Å². The Morgan fingerprint density at radius 1 is 0.973 bits per heavy atom. The fraction of sp³-hybridized carbons (Fsp3) is 0.360. The minimum Gasteiger partial charge on any atom is -0.493 e. The molecule has 0 unspecified atom stereocenters. The molecule has 5 rings (SSSR count). The van der Waals surface area contributed by atoms with Crippen molar-refractivity contribution in [1.29, 1.82) is 0 Å². The molecule has 2 fully saturated rings. The summed E-state index contributed by atoms with van der Waals surface area (Å²) >= 11 is 5.22. The number of nitrogens with zero attached hydrogens (tertiary/aromatic N) is 2. The van der Waals surface area contributed by atoms with Gasteiger partial charge < -0.3 is 24.3 Å². The third kappa shape index (κ3) is 4.36. The number of methoxy groups -OCH3 is 1. The van der Waals surface area contributed by atoms with E-state index in [4.69, 9.17) is 21.4 Å². The van der Waals surface area contributed by atoms with Crippen molar-refractivity contribution in [2.75, 3.05) is 38.6 Å². The summed E-state index contributed by atoms with van der Waals surface area (Å²) < 4.78 is 79.6. The predicted molar refractivity (Wildman–Crippen MR) is 129 cm³/mol. The number of furan rings is 1. The maximum absolute atomic E-state index is 14.1. The van der Waals surface area contributed by atoms with E-state index in [9.17, 15) is 26.7 Å². The monoisotopic (exact) mass is 539 g/mol. The number of halogens is 5. The smallest absolute Gasteiger partial charge is 0.289 e. The van der Waals surface area contributed by atoms with E-state index in [-0.39, 0.29) is 22.2 Å². The number of likely N-dealkylation sites (tertiary alicyclic amines) is 2. The van der Waals surface area contributed by atoms with Crippen LogP contribution in [0.1, 0.15) is 29.8 Å². The van der Waals surface area contributed by atoms with Gasteiger partial charge in [0.2, 0.25) is 5.82 Å². The largest absolute Gasteiger partial charge is 0.493 e. The Hall–Kier alpha value is -3.41. The molecule has 0 radical (unpaired) electrons. The van der Waals surface area contributed by atoms with Crippen LogP contribution in [0.4, 0.5) is 27.6 Å². The van der Waals surface area contributed by atoms with Gasteiger partial charge in [0, 0.05) is 31.6 Å². The lowest BCUT2D eigenvalue weighted by Gasteiger charge is -2.39. The molecule has 2 aliphatic heterocycles. The number of hydrogen-bond donors (Lipinski definition) is 1. The number of hydrogen-bond acceptors (Lipinski definition) is 4. The molecular weight excluding hydrogens is 517 g/mol. The lowest BCUT2D eigenvalue weighted by Crippen LogP contribution is -2.45. The second-order valence-corrected chi connectivity index (χ2v) is 9.71. The zero-order chi connectivity index (χ0) is 26.5. The molecule has 196 valence electrons. The first-order valence-electron chi connectivity index (χ1n) is 11.6. The van der Waals surface area contributed by atoms with Crippen molar-refractivity contribution in [3.05, 3.63) is 59.1 Å². The molecule has 2 aromatic carbocycles. The maximum atomic E-state index is 14.1. The molecule has 0 saturated carbocycles. The third-order valence-corrected chi connectivity index (χ3v) is 7.58. The predicted octanol–water partition coefficient (Wildman–Crippen LogP) is 5.46. The van der Waals surface area contributed by atoms with Gasteiger partial charge in [-0.1, -0.05) is 12.1 Å². The molecule has 1 N–H and O–H groups in total. The summed E-state index contributed by atoms with van der Waals surface area (Å²) in [5.41, 5.74) is -0.871. The lowest BCUT2D eigenvalue weighted by molar-refractivity contribution is 0.0571. The molecular formula is C25H22F5N3O3S. The average Bonchev–Trinajstić information content (AvgIpc) is 3.53. The number of thiocarbonyl (C=S) groups is 1. The molecule has 2 aliphatic rings. The summed E-state index contributed by atoms with van der Waals surface area (Å²) in [5, 5.41) is 2.83. The zero-order valence-electron chi connectivity index (χ0n) is 19.7. The van der Waals surface area contributed by atoms with Crippen molar-refractivity contribution in [1.82, 2.24) is 9.80 Å². The van der Waals surface area contributed by atoms with E-state index in [1.165, 1.54) is 7.11 Å². The van der Waals surface area contributed by atoms with E-state index < -0.39 is 34.8 Å². The first-order valence-corrected chi connectivity index (χ1v) is 12.0. The van der Waals surface area contributed by atoms with Gasteiger partial charge in [-0.2, -0.15) is 0 Å². The number of anilines is 1. The van der Waals surface area contributed by atoms with E-state index in [1.54, 1.807) is 21.9 Å². The minimum atomic E-state index is -2.23. The Morgan fingerprint density at radius 3 is 2.19 bits per heavy atom. The minimum absolute atomic E-state index is 0.130. The molecule has 0 bridgehead atoms. The van der Waals surface area contributed by atoms with Gasteiger partial charge >= 0.3 is 0 Å². The average molecular weight is 540 g/mol. The Labute approximate surface area is 213 Å². The van der Waals surface area contributed by atoms with Gasteiger partial charge in [-0.05, 0) is 49.0 Å². The molecule has 0 aliphatic carbocycles. The zero-order valence-corrected chi connectivity index (χ0v) is 20.5. The summed E-state index contributed by atoms with van der Waals surface area (Å²) in [7, 11) is 1.53. The van der Waals surface area contributed by atoms with Gasteiger partial charge in [-0.25, -0.2) is 22.0 Å². The fourth-order valence-electron chi connectivity index (χ4n) is 5.06. The van der Waals surface area contributed by atoms with Crippen molar-refractivity contribution in [2.24, 2.45) is 5.41 Å². The molecule has 0 atom stereocenters. The number of nitrogens with one attached hydrogen (secondary N) is 1. The number of rotatable bonds is 3. The number of ether oxygens (including phenoxy) is 1. The van der Waals surface area contributed by atoms with E-state index in [1.807, 2.05) is 12.1 Å². The first-order chi connectivity index (χ1) is 17.6. The van der Waals surface area contributed by atoms with Crippen molar-refractivity contribution in [3.63, 3.8) is 0 Å². The van der Waals surface area contributed by atoms with E-state index >= 15 is 0 Å². The van der Waals surface area contributed by atoms with Gasteiger partial charge in [0.25, 0.3) is 5.91 Å². The number of fused-ring (bicyclic) bond motifs is 1. The normalized spacial score (nSPS) is 17.0. The molecule has 1 aromatic heterocycles. The number of para-hydroxylation sites is 1. The molecule has 1 spiro atoms. The molecule has 2 saturated heterocycles. The van der Waals surface area contributed by atoms with E-state index in [0.717, 1.165) is 5.39 Å². The van der Waals surface area contributed by atoms with Crippen LogP contribution in [0.3, 0.4) is 0 Å². The van der Waals surface area contributed by atoms with Crippen LogP contribution in [-0.2, 0) is 0 Å². The summed E-state index contributed by atoms with van der Waals surface area (Å²) in [6.45, 7) is 1.81. The van der Waals surface area contributed by atoms with Gasteiger partial charge in [-0.15, -0.1) is 0 Å². The number of amides is 1. The first kappa shape index (κ1) is 25.2. The lowest BCUT2D eigenvalue weighted by atomic mass is 9.78. The van der Waals surface area contributed by atoms with Crippen LogP contribution in [0.15, 0.2) is 28.7 Å². The quantitative estimate of drug-likeness (QED) is 0.207. The van der Waals surface area contributed by atoms with Gasteiger partial charge in [0.1, 0.15) is 5.69 Å². The van der Waals surface area contributed by atoms with Crippen molar-refractivity contribution in [3.8, 4) is 5.75 Å². The second kappa shape index (κ2) is 9.47. The van der Waals surface area contributed by atoms with Crippen LogP contribution >= 0.6 is 12.2 Å². The number of carbonyl (C=O) groups is 1. The van der Waals surface area contributed by atoms with Gasteiger partial charge in [-0.3, -0.25) is 4.79 Å². The Bertz CT molecular complexity index is 1370. The molecule has 12 heteroatoms. The van der Waals surface area contributed by atoms with Crippen LogP contribution in [0, 0.1) is 34.5 Å². The summed E-state index contributed by atoms with van der Waals surface area (Å²) in [4.78, 5) is 16.4. The topological polar surface area (TPSA) is 58.0 Å². The molecule has 1 amide bonds. The van der Waals surface area contributed by atoms with Crippen molar-refractivity contribution >= 4 is 39.9 Å². The van der Waals surface area contributed by atoms with Crippen LogP contribution in [-0.4, -0.2) is 54.1 Å². The summed E-state index contributed by atoms with van der Waals surface area (Å²) in [5.74, 6) is -9.72. The van der Waals surface area contributed by atoms with E-state index in [0.29, 0.717) is 56.8 Å². The fourth-order valence-corrected chi connectivity index (χ4v) is 5.32. The highest BCUT2D eigenvalue weighted by Crippen LogP contribution is 2.41. The maximum Gasteiger partial charge on any atom is 0.289 e. The molecule has 3 aromatic rings. The van der Waals surface area contributed by atoms with E-state index in [2.05, 4.69) is 5.32 Å². The van der Waals surface area contributed by atoms with Gasteiger partial charge in [0.15, 0.2) is 45.5 Å². The van der Waals surface area contributed by atoms with Gasteiger partial charge in [0.05, 0.1) is 7.11 Å². The number of piperidine rings is 1. The highest BCUT2D eigenvalue weighted by Gasteiger charge is 2.43. The number of benzene rings is 2. The summed E-state index contributed by atoms with van der Waals surface area (Å²) in [6.07, 6.45) is 2.02. The number of carbonyl (C=O) groups excluding carboxylic acids is 1. The third-order valence-electron chi connectivity index (χ3n) is 7.22. The Balaban J connectivity index is 1.23. The highest BCUT2D eigenvalue weighted by atomic mass is 32.1. The highest BCUT2D eigenvalue weighted by molar-refractivity contribution is 7.80. The summed E-state index contributed by atoms with van der Waals surface area (Å²) in [6, 6.07) is 7.08. The van der Waals surface area contributed by atoms with Crippen LogP contribution < -0.4 is 10.1 Å². The Morgan fingerprint density at radius 2 is 1.57 bits per heavy atom. The SMILES string of the molecule is COc1cccc2cc(C(=O)N3CCC4(CC3)CCN(C(=S)Nc3c(F)c(F)c(F)c(F)c3F)C4)oc12. The standard InChI is InChI=1S/C25H22F5N3O3S/c1-35-14-4-2-3-13-11-15(36-22(13)14)23(34)32-8-5-25(6-9-32)7-10-33(12-25)24(37)31-21-19(29)17(27)16(26)18(28)20(21)30/h2-4,11H,5-10,12H2,1H3,(H,31,37). The Kier molecular flexibility index (Phi) is 6.47. The molecule has 37 heavy (non-hydrogen) atoms. The molecule has 3 heterocycles. The van der Waals surface area contributed by atoms with Crippen molar-refractivity contribution < 1.29 is 35.9 Å².